The highest BCUT2D eigenvalue weighted by Gasteiger charge is 2.33. The first-order valence-electron chi connectivity index (χ1n) is 17.6. The van der Waals surface area contributed by atoms with Gasteiger partial charge < -0.3 is 5.32 Å². The van der Waals surface area contributed by atoms with E-state index < -0.39 is 0 Å². The van der Waals surface area contributed by atoms with E-state index in [0.717, 1.165) is 46.1 Å². The zero-order valence-corrected chi connectivity index (χ0v) is 28.0. The van der Waals surface area contributed by atoms with Gasteiger partial charge in [-0.1, -0.05) is 171 Å². The zero-order valence-electron chi connectivity index (χ0n) is 28.0. The van der Waals surface area contributed by atoms with Gasteiger partial charge in [0.05, 0.1) is 23.1 Å². The van der Waals surface area contributed by atoms with E-state index in [-0.39, 0.29) is 12.0 Å². The van der Waals surface area contributed by atoms with E-state index in [9.17, 15) is 0 Å². The Morgan fingerprint density at radius 2 is 1.12 bits per heavy atom. The largest absolute Gasteiger partial charge is 0.359 e. The second-order valence-corrected chi connectivity index (χ2v) is 13.3. The van der Waals surface area contributed by atoms with Gasteiger partial charge in [-0.05, 0) is 45.5 Å². The van der Waals surface area contributed by atoms with Gasteiger partial charge in [0.2, 0.25) is 0 Å². The van der Waals surface area contributed by atoms with Crippen molar-refractivity contribution in [3.8, 4) is 11.1 Å². The summed E-state index contributed by atoms with van der Waals surface area (Å²) >= 11 is 0. The standard InChI is InChI=1S/C47H37N3/c1-2-39-40-16-8-9-17-41(40)45(49-44(39)34-23-20-33(21-24-34)31-12-4-3-5-13-31)35-25-27-36(28-26-35)46-42-18-10-11-19-43(42)48-47(50-46)38-29-22-32-14-6-7-15-37(32)30-38/h3-30,39-40,43H,2H2,1H3,(H,48,50). The summed E-state index contributed by atoms with van der Waals surface area (Å²) in [5.74, 6) is 1.48. The van der Waals surface area contributed by atoms with Crippen molar-refractivity contribution in [3.63, 3.8) is 0 Å². The predicted molar refractivity (Wildman–Crippen MR) is 210 cm³/mol. The van der Waals surface area contributed by atoms with E-state index in [0.29, 0.717) is 5.92 Å². The van der Waals surface area contributed by atoms with Crippen molar-refractivity contribution >= 4 is 33.7 Å². The fraction of sp³-hybridized carbons (Fsp3) is 0.106. The van der Waals surface area contributed by atoms with Gasteiger partial charge in [0.1, 0.15) is 5.84 Å². The molecule has 0 radical (unpaired) electrons. The first-order chi connectivity index (χ1) is 24.7. The molecule has 0 bridgehead atoms. The summed E-state index contributed by atoms with van der Waals surface area (Å²) in [5.41, 5.74) is 12.6. The molecule has 2 aliphatic heterocycles. The van der Waals surface area contributed by atoms with Gasteiger partial charge in [0, 0.05) is 34.1 Å². The van der Waals surface area contributed by atoms with Crippen LogP contribution in [0, 0.1) is 11.8 Å². The Hall–Kier alpha value is -6.06. The molecule has 3 unspecified atom stereocenters. The van der Waals surface area contributed by atoms with Crippen molar-refractivity contribution in [1.29, 1.82) is 0 Å². The maximum atomic E-state index is 5.49. The van der Waals surface area contributed by atoms with Gasteiger partial charge in [-0.15, -0.1) is 0 Å². The van der Waals surface area contributed by atoms with Gasteiger partial charge >= 0.3 is 0 Å². The Labute approximate surface area is 293 Å². The van der Waals surface area contributed by atoms with Gasteiger partial charge in [-0.25, -0.2) is 4.99 Å². The topological polar surface area (TPSA) is 36.8 Å². The van der Waals surface area contributed by atoms with Gasteiger partial charge in [-0.3, -0.25) is 4.99 Å². The van der Waals surface area contributed by atoms with E-state index in [2.05, 4.69) is 182 Å². The molecule has 9 rings (SSSR count). The maximum Gasteiger partial charge on any atom is 0.134 e. The minimum absolute atomic E-state index is 0.0586. The summed E-state index contributed by atoms with van der Waals surface area (Å²) in [6.45, 7) is 2.28. The van der Waals surface area contributed by atoms with Crippen molar-refractivity contribution < 1.29 is 0 Å². The summed E-state index contributed by atoms with van der Waals surface area (Å²) in [6.07, 6.45) is 18.6. The van der Waals surface area contributed by atoms with Crippen LogP contribution in [0.3, 0.4) is 0 Å². The smallest absolute Gasteiger partial charge is 0.134 e. The molecular weight excluding hydrogens is 607 g/mol. The quantitative estimate of drug-likeness (QED) is 0.196. The van der Waals surface area contributed by atoms with E-state index in [1.807, 2.05) is 0 Å². The van der Waals surface area contributed by atoms with Crippen LogP contribution >= 0.6 is 0 Å². The fourth-order valence-electron chi connectivity index (χ4n) is 7.76. The molecule has 0 fully saturated rings. The van der Waals surface area contributed by atoms with E-state index in [1.54, 1.807) is 0 Å². The van der Waals surface area contributed by atoms with Crippen molar-refractivity contribution in [3.05, 3.63) is 203 Å². The number of nitrogens with zero attached hydrogens (tertiary/aromatic N) is 2. The molecule has 0 amide bonds. The molecule has 2 aliphatic carbocycles. The van der Waals surface area contributed by atoms with Crippen LogP contribution in [0.15, 0.2) is 191 Å². The number of benzene rings is 5. The van der Waals surface area contributed by atoms with E-state index >= 15 is 0 Å². The molecule has 4 aliphatic rings. The summed E-state index contributed by atoms with van der Waals surface area (Å²) in [5, 5.41) is 6.12. The molecule has 1 N–H and O–H groups in total. The Balaban J connectivity index is 1.10. The van der Waals surface area contributed by atoms with Gasteiger partial charge in [-0.2, -0.15) is 0 Å². The number of nitrogens with one attached hydrogen (secondary N) is 1. The lowest BCUT2D eigenvalue weighted by Gasteiger charge is -2.33. The summed E-state index contributed by atoms with van der Waals surface area (Å²) in [7, 11) is 0. The number of fused-ring (bicyclic) bond motifs is 3. The molecule has 0 saturated heterocycles. The Kier molecular flexibility index (Phi) is 7.66. The van der Waals surface area contributed by atoms with Gasteiger partial charge in [0.25, 0.3) is 0 Å². The molecule has 0 aromatic heterocycles. The summed E-state index contributed by atoms with van der Waals surface area (Å²) in [6, 6.07) is 43.5. The monoisotopic (exact) mass is 643 g/mol. The first kappa shape index (κ1) is 30.0. The van der Waals surface area contributed by atoms with Crippen LogP contribution in [-0.2, 0) is 0 Å². The lowest BCUT2D eigenvalue weighted by atomic mass is 9.74. The second-order valence-electron chi connectivity index (χ2n) is 13.3. The highest BCUT2D eigenvalue weighted by Crippen LogP contribution is 2.42. The highest BCUT2D eigenvalue weighted by molar-refractivity contribution is 6.08. The van der Waals surface area contributed by atoms with Crippen LogP contribution in [0.2, 0.25) is 0 Å². The molecule has 0 saturated carbocycles. The third-order valence-electron chi connectivity index (χ3n) is 10.4. The summed E-state index contributed by atoms with van der Waals surface area (Å²) in [4.78, 5) is 10.7. The second kappa shape index (κ2) is 12.8. The van der Waals surface area contributed by atoms with Crippen LogP contribution in [0.5, 0.6) is 0 Å². The minimum atomic E-state index is 0.0586. The number of aliphatic imine (C=N–C) groups is 2. The molecular formula is C47H37N3. The van der Waals surface area contributed by atoms with E-state index in [4.69, 9.17) is 9.98 Å². The molecule has 50 heavy (non-hydrogen) atoms. The Morgan fingerprint density at radius 1 is 0.520 bits per heavy atom. The normalized spacial score (nSPS) is 20.7. The molecule has 0 spiro atoms. The number of hydrogen-bond donors (Lipinski definition) is 1. The van der Waals surface area contributed by atoms with Crippen molar-refractivity contribution in [2.24, 2.45) is 21.8 Å². The Bertz CT molecular complexity index is 2360. The SMILES string of the molecule is CCC1C(c2ccc(-c3ccccc3)cc2)=NC(c2ccc(C3=C4C=CC=CC4NC(c4ccc5ccccc5c4)=N3)cc2)=C2C=CC=CC21. The van der Waals surface area contributed by atoms with Crippen molar-refractivity contribution in [2.75, 3.05) is 0 Å². The third kappa shape index (κ3) is 5.41. The molecule has 3 heteroatoms. The first-order valence-corrected chi connectivity index (χ1v) is 17.6. The van der Waals surface area contributed by atoms with Crippen LogP contribution in [0.1, 0.15) is 35.6 Å². The van der Waals surface area contributed by atoms with Crippen molar-refractivity contribution in [1.82, 2.24) is 5.32 Å². The lowest BCUT2D eigenvalue weighted by molar-refractivity contribution is 0.549. The molecule has 2 heterocycles. The number of allylic oxidation sites excluding steroid dienone is 7. The zero-order chi connectivity index (χ0) is 33.4. The van der Waals surface area contributed by atoms with Gasteiger partial charge in [0.15, 0.2) is 0 Å². The average molecular weight is 644 g/mol. The number of rotatable bonds is 6. The molecule has 3 atom stereocenters. The molecule has 240 valence electrons. The average Bonchev–Trinajstić information content (AvgIpc) is 3.20. The predicted octanol–water partition coefficient (Wildman–Crippen LogP) is 10.7. The fourth-order valence-corrected chi connectivity index (χ4v) is 7.76. The maximum absolute atomic E-state index is 5.49. The number of amidine groups is 1. The Morgan fingerprint density at radius 3 is 1.88 bits per heavy atom. The lowest BCUT2D eigenvalue weighted by Crippen LogP contribution is -2.39. The number of hydrogen-bond acceptors (Lipinski definition) is 3. The van der Waals surface area contributed by atoms with Crippen LogP contribution in [-0.4, -0.2) is 17.6 Å². The van der Waals surface area contributed by atoms with E-state index in [1.165, 1.54) is 38.6 Å². The minimum Gasteiger partial charge on any atom is -0.359 e. The molecule has 5 aromatic carbocycles. The highest BCUT2D eigenvalue weighted by atomic mass is 15.1. The van der Waals surface area contributed by atoms with Crippen molar-refractivity contribution in [2.45, 2.75) is 19.4 Å². The summed E-state index contributed by atoms with van der Waals surface area (Å²) < 4.78 is 0. The molecule has 3 nitrogen and oxygen atoms in total. The molecule has 5 aromatic rings. The van der Waals surface area contributed by atoms with Crippen LogP contribution in [0.4, 0.5) is 0 Å². The van der Waals surface area contributed by atoms with Crippen LogP contribution in [0.25, 0.3) is 33.3 Å². The third-order valence-corrected chi connectivity index (χ3v) is 10.4. The van der Waals surface area contributed by atoms with Crippen LogP contribution < -0.4 is 5.32 Å².